The van der Waals surface area contributed by atoms with Gasteiger partial charge in [-0.2, -0.15) is 0 Å². The minimum absolute atomic E-state index is 0. The Labute approximate surface area is 217 Å². The van der Waals surface area contributed by atoms with Gasteiger partial charge in [0.2, 0.25) is 11.8 Å². The van der Waals surface area contributed by atoms with Crippen molar-refractivity contribution >= 4 is 40.9 Å². The molecule has 1 fully saturated rings. The van der Waals surface area contributed by atoms with Crippen LogP contribution in [0.3, 0.4) is 0 Å². The number of amides is 2. The lowest BCUT2D eigenvalue weighted by Gasteiger charge is -2.47. The van der Waals surface area contributed by atoms with E-state index in [1.807, 2.05) is 67.7 Å². The van der Waals surface area contributed by atoms with Gasteiger partial charge < -0.3 is 21.8 Å². The van der Waals surface area contributed by atoms with E-state index in [1.165, 1.54) is 0 Å². The number of ketones is 1. The Morgan fingerprint density at radius 3 is 2.36 bits per heavy atom. The number of rotatable bonds is 7. The van der Waals surface area contributed by atoms with Crippen molar-refractivity contribution in [3.8, 4) is 0 Å². The summed E-state index contributed by atoms with van der Waals surface area (Å²) in [6.07, 6.45) is 1.32. The number of hydrogen-bond acceptors (Lipinski definition) is 5. The number of halogens is 1. The molecule has 1 saturated heterocycles. The van der Waals surface area contributed by atoms with Crippen LogP contribution in [0.4, 0.5) is 0 Å². The lowest BCUT2D eigenvalue weighted by atomic mass is 9.61. The molecule has 192 valence electrons. The van der Waals surface area contributed by atoms with Gasteiger partial charge in [-0.1, -0.05) is 55.5 Å². The maximum atomic E-state index is 14.3. The number of nitrogens with one attached hydrogen (secondary N) is 3. The highest BCUT2D eigenvalue weighted by molar-refractivity contribution is 6.01. The van der Waals surface area contributed by atoms with Crippen LogP contribution >= 0.6 is 12.4 Å². The number of hydrogen-bond donors (Lipinski definition) is 5. The Kier molecular flexibility index (Phi) is 7.93. The number of nitrogens with two attached hydrogens (primary N) is 2. The van der Waals surface area contributed by atoms with Crippen molar-refractivity contribution in [1.29, 1.82) is 0 Å². The van der Waals surface area contributed by atoms with E-state index in [9.17, 15) is 14.4 Å². The number of piperidine rings is 1. The Balaban J connectivity index is 0.00000361. The zero-order valence-corrected chi connectivity index (χ0v) is 21.5. The molecular weight excluding hydrogens is 478 g/mol. The van der Waals surface area contributed by atoms with Crippen molar-refractivity contribution in [2.75, 3.05) is 6.54 Å². The Morgan fingerprint density at radius 2 is 1.72 bits per heavy atom. The summed E-state index contributed by atoms with van der Waals surface area (Å²) in [4.78, 5) is 43.7. The SMILES string of the molecule is CC(C(=O)C1C(NC(=O)C(C)(C)N)NCCC1(C(N)=O)c1ccccc1)c1c[nH]c2ccccc12.Cl. The molecular formula is C27H34ClN5O3. The monoisotopic (exact) mass is 511 g/mol. The first kappa shape index (κ1) is 27.4. The number of carbonyl (C=O) groups is 3. The summed E-state index contributed by atoms with van der Waals surface area (Å²) in [5, 5.41) is 7.08. The van der Waals surface area contributed by atoms with Crippen LogP contribution in [-0.2, 0) is 19.8 Å². The van der Waals surface area contributed by atoms with Gasteiger partial charge in [-0.25, -0.2) is 0 Å². The van der Waals surface area contributed by atoms with Crippen LogP contribution in [0.5, 0.6) is 0 Å². The van der Waals surface area contributed by atoms with Crippen molar-refractivity contribution < 1.29 is 14.4 Å². The number of H-pyrrole nitrogens is 1. The number of carbonyl (C=O) groups excluding carboxylic acids is 3. The van der Waals surface area contributed by atoms with Gasteiger partial charge in [-0.05, 0) is 44.0 Å². The molecule has 0 aliphatic carbocycles. The highest BCUT2D eigenvalue weighted by Crippen LogP contribution is 2.43. The molecule has 4 unspecified atom stereocenters. The van der Waals surface area contributed by atoms with Crippen molar-refractivity contribution in [2.45, 2.75) is 50.2 Å². The fourth-order valence-corrected chi connectivity index (χ4v) is 5.20. The first-order chi connectivity index (χ1) is 16.6. The topological polar surface area (TPSA) is 143 Å². The molecule has 4 rings (SSSR count). The van der Waals surface area contributed by atoms with Crippen LogP contribution in [0.1, 0.15) is 44.2 Å². The molecule has 2 aromatic carbocycles. The van der Waals surface area contributed by atoms with Crippen LogP contribution in [-0.4, -0.2) is 40.8 Å². The lowest BCUT2D eigenvalue weighted by molar-refractivity contribution is -0.140. The second-order valence-electron chi connectivity index (χ2n) is 9.97. The second kappa shape index (κ2) is 10.4. The van der Waals surface area contributed by atoms with Gasteiger partial charge in [0.1, 0.15) is 5.78 Å². The maximum Gasteiger partial charge on any atom is 0.240 e. The summed E-state index contributed by atoms with van der Waals surface area (Å²) in [7, 11) is 0. The van der Waals surface area contributed by atoms with Crippen LogP contribution < -0.4 is 22.1 Å². The summed E-state index contributed by atoms with van der Waals surface area (Å²) < 4.78 is 0. The lowest BCUT2D eigenvalue weighted by Crippen LogP contribution is -2.69. The number of benzene rings is 2. The fraction of sp³-hybridized carbons (Fsp3) is 0.370. The molecule has 7 N–H and O–H groups in total. The number of primary amides is 1. The van der Waals surface area contributed by atoms with Crippen LogP contribution in [0.2, 0.25) is 0 Å². The van der Waals surface area contributed by atoms with Gasteiger partial charge in [-0.15, -0.1) is 12.4 Å². The smallest absolute Gasteiger partial charge is 0.240 e. The molecule has 3 aromatic rings. The van der Waals surface area contributed by atoms with Gasteiger partial charge in [0, 0.05) is 23.0 Å². The predicted molar refractivity (Wildman–Crippen MR) is 143 cm³/mol. The molecule has 1 aromatic heterocycles. The molecule has 2 heterocycles. The summed E-state index contributed by atoms with van der Waals surface area (Å²) in [6, 6.07) is 16.9. The molecule has 2 amide bonds. The van der Waals surface area contributed by atoms with Gasteiger partial charge in [-0.3, -0.25) is 19.7 Å². The average molecular weight is 512 g/mol. The normalized spacial score (nSPS) is 22.9. The molecule has 36 heavy (non-hydrogen) atoms. The Morgan fingerprint density at radius 1 is 1.08 bits per heavy atom. The molecule has 0 radical (unpaired) electrons. The highest BCUT2D eigenvalue weighted by atomic mass is 35.5. The first-order valence-electron chi connectivity index (χ1n) is 11.9. The molecule has 8 nitrogen and oxygen atoms in total. The van der Waals surface area contributed by atoms with E-state index in [0.717, 1.165) is 16.5 Å². The molecule has 0 bridgehead atoms. The van der Waals surface area contributed by atoms with Gasteiger partial charge in [0.05, 0.1) is 23.0 Å². The minimum atomic E-state index is -1.30. The van der Waals surface area contributed by atoms with E-state index >= 15 is 0 Å². The molecule has 0 spiro atoms. The number of aromatic amines is 1. The van der Waals surface area contributed by atoms with E-state index in [2.05, 4.69) is 15.6 Å². The third-order valence-corrected chi connectivity index (χ3v) is 7.17. The van der Waals surface area contributed by atoms with Gasteiger partial charge in [0.25, 0.3) is 0 Å². The third kappa shape index (κ3) is 4.76. The summed E-state index contributed by atoms with van der Waals surface area (Å²) in [5.41, 5.74) is 12.1. The van der Waals surface area contributed by atoms with E-state index in [4.69, 9.17) is 11.5 Å². The largest absolute Gasteiger partial charge is 0.369 e. The van der Waals surface area contributed by atoms with Gasteiger partial charge >= 0.3 is 0 Å². The molecule has 1 aliphatic heterocycles. The molecule has 4 atom stereocenters. The van der Waals surface area contributed by atoms with Crippen LogP contribution in [0.15, 0.2) is 60.8 Å². The molecule has 1 aliphatic rings. The Bertz CT molecular complexity index is 1250. The van der Waals surface area contributed by atoms with E-state index in [0.29, 0.717) is 18.5 Å². The molecule has 0 saturated carbocycles. The summed E-state index contributed by atoms with van der Waals surface area (Å²) in [5.74, 6) is -2.73. The zero-order valence-electron chi connectivity index (χ0n) is 20.7. The average Bonchev–Trinajstić information content (AvgIpc) is 3.27. The van der Waals surface area contributed by atoms with Crippen LogP contribution in [0.25, 0.3) is 10.9 Å². The van der Waals surface area contributed by atoms with E-state index < -0.39 is 40.8 Å². The van der Waals surface area contributed by atoms with E-state index in [-0.39, 0.29) is 18.2 Å². The van der Waals surface area contributed by atoms with Crippen molar-refractivity contribution in [3.63, 3.8) is 0 Å². The number of aromatic nitrogens is 1. The number of para-hydroxylation sites is 1. The van der Waals surface area contributed by atoms with Crippen molar-refractivity contribution in [1.82, 2.24) is 15.6 Å². The van der Waals surface area contributed by atoms with Crippen LogP contribution in [0, 0.1) is 5.92 Å². The highest BCUT2D eigenvalue weighted by Gasteiger charge is 2.56. The summed E-state index contributed by atoms with van der Waals surface area (Å²) in [6.45, 7) is 5.40. The van der Waals surface area contributed by atoms with E-state index in [1.54, 1.807) is 13.8 Å². The standard InChI is InChI=1S/C27H33N5O3.ClH/c1-16(19-15-31-20-12-8-7-11-18(19)20)22(33)21-23(32-25(35)26(2,3)29)30-14-13-27(21,24(28)34)17-9-5-4-6-10-17;/h4-12,15-16,21,23,30-31H,13-14,29H2,1-3H3,(H2,28,34)(H,32,35);1H. The second-order valence-corrected chi connectivity index (χ2v) is 9.97. The zero-order chi connectivity index (χ0) is 25.4. The predicted octanol–water partition coefficient (Wildman–Crippen LogP) is 2.47. The number of Topliss-reactive ketones (excluding diaryl/α,β-unsaturated/α-hetero) is 1. The maximum absolute atomic E-state index is 14.3. The van der Waals surface area contributed by atoms with Crippen molar-refractivity contribution in [3.05, 3.63) is 71.9 Å². The minimum Gasteiger partial charge on any atom is -0.369 e. The summed E-state index contributed by atoms with van der Waals surface area (Å²) >= 11 is 0. The first-order valence-corrected chi connectivity index (χ1v) is 11.9. The van der Waals surface area contributed by atoms with Gasteiger partial charge in [0.15, 0.2) is 0 Å². The van der Waals surface area contributed by atoms with Crippen molar-refractivity contribution in [2.24, 2.45) is 17.4 Å². The third-order valence-electron chi connectivity index (χ3n) is 7.17. The Hall–Kier alpha value is -3.20. The molecule has 9 heteroatoms. The quantitative estimate of drug-likeness (QED) is 0.331. The number of fused-ring (bicyclic) bond motifs is 1. The fourth-order valence-electron chi connectivity index (χ4n) is 5.20.